The van der Waals surface area contributed by atoms with E-state index in [1.54, 1.807) is 12.1 Å². The highest BCUT2D eigenvalue weighted by Crippen LogP contribution is 2.17. The Bertz CT molecular complexity index is 356. The number of hydrogen-bond donors (Lipinski definition) is 1. The molecule has 0 saturated carbocycles. The van der Waals surface area contributed by atoms with Crippen molar-refractivity contribution in [1.29, 1.82) is 0 Å². The minimum atomic E-state index is -0.220. The Morgan fingerprint density at radius 2 is 1.81 bits per heavy atom. The van der Waals surface area contributed by atoms with Crippen LogP contribution in [0.15, 0.2) is 24.3 Å². The van der Waals surface area contributed by atoms with Crippen molar-refractivity contribution in [1.82, 2.24) is 5.32 Å². The average molecular weight is 297 g/mol. The first kappa shape index (κ1) is 18.1. The molecule has 0 fully saturated rings. The number of halogens is 1. The number of rotatable bonds is 12. The van der Waals surface area contributed by atoms with E-state index in [0.29, 0.717) is 13.2 Å². The summed E-state index contributed by atoms with van der Waals surface area (Å²) in [6.07, 6.45) is 3.24. The van der Waals surface area contributed by atoms with Gasteiger partial charge in [-0.2, -0.15) is 0 Å². The van der Waals surface area contributed by atoms with Gasteiger partial charge in [-0.15, -0.1) is 0 Å². The van der Waals surface area contributed by atoms with Gasteiger partial charge in [0.2, 0.25) is 0 Å². The Hall–Kier alpha value is -0.970. The molecule has 3 nitrogen and oxygen atoms in total. The summed E-state index contributed by atoms with van der Waals surface area (Å²) in [7, 11) is 0. The average Bonchev–Trinajstić information content (AvgIpc) is 2.50. The second-order valence-electron chi connectivity index (χ2n) is 5.08. The van der Waals surface area contributed by atoms with Crippen LogP contribution in [0.4, 0.5) is 4.39 Å². The van der Waals surface area contributed by atoms with E-state index in [-0.39, 0.29) is 11.9 Å². The minimum absolute atomic E-state index is 0.0630. The summed E-state index contributed by atoms with van der Waals surface area (Å²) in [5, 5.41) is 3.35. The van der Waals surface area contributed by atoms with Crippen LogP contribution in [-0.2, 0) is 9.47 Å². The van der Waals surface area contributed by atoms with E-state index in [1.807, 2.05) is 0 Å². The summed E-state index contributed by atoms with van der Waals surface area (Å²) < 4.78 is 24.4. The fourth-order valence-electron chi connectivity index (χ4n) is 1.96. The maximum atomic E-state index is 13.0. The van der Waals surface area contributed by atoms with Crippen LogP contribution in [-0.4, -0.2) is 32.9 Å². The Labute approximate surface area is 127 Å². The minimum Gasteiger partial charge on any atom is -0.379 e. The second-order valence-corrected chi connectivity index (χ2v) is 5.08. The van der Waals surface area contributed by atoms with E-state index in [0.717, 1.165) is 44.5 Å². The van der Waals surface area contributed by atoms with Crippen LogP contribution in [0.1, 0.15) is 44.8 Å². The molecular formula is C17H28FNO2. The van der Waals surface area contributed by atoms with Crippen molar-refractivity contribution in [3.63, 3.8) is 0 Å². The zero-order valence-corrected chi connectivity index (χ0v) is 13.2. The van der Waals surface area contributed by atoms with Crippen LogP contribution in [0, 0.1) is 5.82 Å². The van der Waals surface area contributed by atoms with E-state index < -0.39 is 0 Å². The van der Waals surface area contributed by atoms with Crippen molar-refractivity contribution in [2.24, 2.45) is 0 Å². The molecule has 0 saturated heterocycles. The summed E-state index contributed by atoms with van der Waals surface area (Å²) in [4.78, 5) is 0. The molecule has 0 aliphatic carbocycles. The fraction of sp³-hybridized carbons (Fsp3) is 0.647. The molecule has 1 unspecified atom stereocenters. The first-order valence-electron chi connectivity index (χ1n) is 7.93. The quantitative estimate of drug-likeness (QED) is 0.597. The van der Waals surface area contributed by atoms with Gasteiger partial charge in [-0.3, -0.25) is 0 Å². The van der Waals surface area contributed by atoms with Crippen molar-refractivity contribution in [2.45, 2.75) is 39.2 Å². The van der Waals surface area contributed by atoms with Gasteiger partial charge < -0.3 is 14.8 Å². The highest BCUT2D eigenvalue weighted by atomic mass is 19.1. The summed E-state index contributed by atoms with van der Waals surface area (Å²) >= 11 is 0. The summed E-state index contributed by atoms with van der Waals surface area (Å²) in [6, 6.07) is 6.52. The summed E-state index contributed by atoms with van der Waals surface area (Å²) in [5.41, 5.74) is 0.994. The highest BCUT2D eigenvalue weighted by Gasteiger charge is 2.11. The van der Waals surface area contributed by atoms with Crippen LogP contribution in [0.3, 0.4) is 0 Å². The van der Waals surface area contributed by atoms with Gasteiger partial charge in [-0.05, 0) is 37.1 Å². The van der Waals surface area contributed by atoms with Crippen LogP contribution in [0.2, 0.25) is 0 Å². The van der Waals surface area contributed by atoms with E-state index in [1.165, 1.54) is 12.1 Å². The van der Waals surface area contributed by atoms with Crippen LogP contribution >= 0.6 is 0 Å². The van der Waals surface area contributed by atoms with Gasteiger partial charge in [-0.1, -0.05) is 32.4 Å². The molecule has 1 N–H and O–H groups in total. The first-order valence-corrected chi connectivity index (χ1v) is 7.93. The molecule has 1 rings (SSSR count). The molecule has 0 spiro atoms. The summed E-state index contributed by atoms with van der Waals surface area (Å²) in [6.45, 7) is 7.90. The van der Waals surface area contributed by atoms with Gasteiger partial charge in [0.15, 0.2) is 0 Å². The Kier molecular flexibility index (Phi) is 10.0. The number of unbranched alkanes of at least 4 members (excludes halogenated alkanes) is 1. The van der Waals surface area contributed by atoms with Gasteiger partial charge in [0, 0.05) is 13.2 Å². The van der Waals surface area contributed by atoms with Gasteiger partial charge in [0.25, 0.3) is 0 Å². The van der Waals surface area contributed by atoms with E-state index in [4.69, 9.17) is 9.47 Å². The molecule has 4 heteroatoms. The largest absolute Gasteiger partial charge is 0.379 e. The Morgan fingerprint density at radius 3 is 2.48 bits per heavy atom. The molecule has 1 atom stereocenters. The number of ether oxygens (including phenoxy) is 2. The molecule has 1 aromatic rings. The van der Waals surface area contributed by atoms with E-state index >= 15 is 0 Å². The standard InChI is InChI=1S/C17H28FNO2/c1-3-5-11-20-12-13-21-17(14-19-10-4-2)15-6-8-16(18)9-7-15/h6-9,17,19H,3-5,10-14H2,1-2H3. The smallest absolute Gasteiger partial charge is 0.123 e. The molecule has 0 radical (unpaired) electrons. The topological polar surface area (TPSA) is 30.5 Å². The van der Waals surface area contributed by atoms with E-state index in [2.05, 4.69) is 19.2 Å². The lowest BCUT2D eigenvalue weighted by molar-refractivity contribution is 0.00364. The fourth-order valence-corrected chi connectivity index (χ4v) is 1.96. The lowest BCUT2D eigenvalue weighted by Gasteiger charge is -2.19. The first-order chi connectivity index (χ1) is 10.3. The van der Waals surface area contributed by atoms with Crippen LogP contribution in [0.25, 0.3) is 0 Å². The molecule has 0 bridgehead atoms. The van der Waals surface area contributed by atoms with Crippen LogP contribution in [0.5, 0.6) is 0 Å². The predicted molar refractivity (Wildman–Crippen MR) is 84.0 cm³/mol. The van der Waals surface area contributed by atoms with Crippen molar-refractivity contribution in [3.05, 3.63) is 35.6 Å². The predicted octanol–water partition coefficient (Wildman–Crippen LogP) is 3.70. The molecule has 0 heterocycles. The molecule has 1 aromatic carbocycles. The molecule has 120 valence electrons. The van der Waals surface area contributed by atoms with Gasteiger partial charge >= 0.3 is 0 Å². The zero-order chi connectivity index (χ0) is 15.3. The van der Waals surface area contributed by atoms with E-state index in [9.17, 15) is 4.39 Å². The second kappa shape index (κ2) is 11.7. The third-order valence-electron chi connectivity index (χ3n) is 3.19. The van der Waals surface area contributed by atoms with Crippen LogP contribution < -0.4 is 5.32 Å². The van der Waals surface area contributed by atoms with Gasteiger partial charge in [-0.25, -0.2) is 4.39 Å². The maximum Gasteiger partial charge on any atom is 0.123 e. The third-order valence-corrected chi connectivity index (χ3v) is 3.19. The number of hydrogen-bond acceptors (Lipinski definition) is 3. The molecule has 0 amide bonds. The van der Waals surface area contributed by atoms with Gasteiger partial charge in [0.05, 0.1) is 19.3 Å². The third kappa shape index (κ3) is 8.15. The van der Waals surface area contributed by atoms with Crippen molar-refractivity contribution in [2.75, 3.05) is 32.9 Å². The zero-order valence-electron chi connectivity index (χ0n) is 13.2. The monoisotopic (exact) mass is 297 g/mol. The van der Waals surface area contributed by atoms with Crippen molar-refractivity contribution < 1.29 is 13.9 Å². The molecule has 0 aliphatic heterocycles. The van der Waals surface area contributed by atoms with Crippen molar-refractivity contribution in [3.8, 4) is 0 Å². The molecular weight excluding hydrogens is 269 g/mol. The molecule has 0 aromatic heterocycles. The highest BCUT2D eigenvalue weighted by molar-refractivity contribution is 5.19. The number of benzene rings is 1. The van der Waals surface area contributed by atoms with Gasteiger partial charge in [0.1, 0.15) is 5.82 Å². The maximum absolute atomic E-state index is 13.0. The Balaban J connectivity index is 2.39. The summed E-state index contributed by atoms with van der Waals surface area (Å²) in [5.74, 6) is -0.220. The van der Waals surface area contributed by atoms with Crippen molar-refractivity contribution >= 4 is 0 Å². The normalized spacial score (nSPS) is 12.5. The molecule has 0 aliphatic rings. The molecule has 21 heavy (non-hydrogen) atoms. The lowest BCUT2D eigenvalue weighted by Crippen LogP contribution is -2.25. The number of nitrogens with one attached hydrogen (secondary N) is 1. The lowest BCUT2D eigenvalue weighted by atomic mass is 10.1. The Morgan fingerprint density at radius 1 is 1.05 bits per heavy atom. The SMILES string of the molecule is CCCCOCCOC(CNCCC)c1ccc(F)cc1.